The fraction of sp³-hybridized carbons (Fsp3) is 0.435. The Hall–Kier alpha value is -1.55. The van der Waals surface area contributed by atoms with E-state index in [1.165, 1.54) is 24.8 Å². The van der Waals surface area contributed by atoms with Crippen molar-refractivity contribution in [2.24, 2.45) is 5.92 Å². The van der Waals surface area contributed by atoms with Gasteiger partial charge in [-0.05, 0) is 55.6 Å². The van der Waals surface area contributed by atoms with Crippen LogP contribution in [0.2, 0.25) is 10.0 Å². The first-order valence-corrected chi connectivity index (χ1v) is 10.8. The van der Waals surface area contributed by atoms with E-state index in [-0.39, 0.29) is 17.9 Å². The van der Waals surface area contributed by atoms with Crippen LogP contribution in [0.5, 0.6) is 0 Å². The SMILES string of the molecule is CN1C(=O)[C@@H](CN2CCCCC2)C[C@H]1c1ccc(-c2c(Cl)cccc2Cl)cc1. The quantitative estimate of drug-likeness (QED) is 0.640. The molecule has 2 aromatic carbocycles. The monoisotopic (exact) mass is 416 g/mol. The molecule has 2 saturated heterocycles. The molecule has 2 aliphatic heterocycles. The van der Waals surface area contributed by atoms with Crippen molar-refractivity contribution < 1.29 is 4.79 Å². The Bertz CT molecular complexity index is 826. The first-order chi connectivity index (χ1) is 13.5. The van der Waals surface area contributed by atoms with Crippen molar-refractivity contribution in [3.63, 3.8) is 0 Å². The number of rotatable bonds is 4. The zero-order valence-electron chi connectivity index (χ0n) is 16.2. The minimum absolute atomic E-state index is 0.103. The molecular weight excluding hydrogens is 391 g/mol. The predicted molar refractivity (Wildman–Crippen MR) is 116 cm³/mol. The molecule has 0 radical (unpaired) electrons. The van der Waals surface area contributed by atoms with Gasteiger partial charge in [-0.15, -0.1) is 0 Å². The Morgan fingerprint density at radius 1 is 0.964 bits per heavy atom. The maximum absolute atomic E-state index is 12.8. The molecule has 2 heterocycles. The van der Waals surface area contributed by atoms with Crippen LogP contribution >= 0.6 is 23.2 Å². The number of carbonyl (C=O) groups is 1. The van der Waals surface area contributed by atoms with Gasteiger partial charge < -0.3 is 9.80 Å². The smallest absolute Gasteiger partial charge is 0.227 e. The summed E-state index contributed by atoms with van der Waals surface area (Å²) in [6.45, 7) is 3.16. The standard InChI is InChI=1S/C23H26Cl2N2O/c1-26-21(14-18(23(26)28)15-27-12-3-2-4-13-27)16-8-10-17(11-9-16)22-19(24)6-5-7-20(22)25/h5-11,18,21H,2-4,12-15H2,1H3/t18-,21+/m1/s1. The van der Waals surface area contributed by atoms with Gasteiger partial charge in [0.2, 0.25) is 5.91 Å². The van der Waals surface area contributed by atoms with Crippen LogP contribution in [0.4, 0.5) is 0 Å². The van der Waals surface area contributed by atoms with E-state index in [0.717, 1.165) is 37.2 Å². The van der Waals surface area contributed by atoms with Crippen LogP contribution in [-0.2, 0) is 4.79 Å². The number of hydrogen-bond acceptors (Lipinski definition) is 2. The molecule has 0 saturated carbocycles. The number of amides is 1. The molecule has 0 spiro atoms. The molecule has 0 N–H and O–H groups in total. The van der Waals surface area contributed by atoms with Crippen LogP contribution in [0, 0.1) is 5.92 Å². The van der Waals surface area contributed by atoms with Crippen LogP contribution in [-0.4, -0.2) is 42.4 Å². The highest BCUT2D eigenvalue weighted by Gasteiger charge is 2.38. The molecule has 2 fully saturated rings. The molecule has 2 aromatic rings. The Morgan fingerprint density at radius 2 is 1.61 bits per heavy atom. The number of nitrogens with zero attached hydrogens (tertiary/aromatic N) is 2. The molecule has 0 aromatic heterocycles. The topological polar surface area (TPSA) is 23.6 Å². The van der Waals surface area contributed by atoms with Gasteiger partial charge in [-0.3, -0.25) is 4.79 Å². The average Bonchev–Trinajstić information content (AvgIpc) is 2.98. The van der Waals surface area contributed by atoms with Crippen LogP contribution in [0.1, 0.15) is 37.3 Å². The highest BCUT2D eigenvalue weighted by Crippen LogP contribution is 2.38. The lowest BCUT2D eigenvalue weighted by Crippen LogP contribution is -2.36. The van der Waals surface area contributed by atoms with E-state index >= 15 is 0 Å². The van der Waals surface area contributed by atoms with E-state index in [1.807, 2.05) is 30.1 Å². The third-order valence-electron chi connectivity index (χ3n) is 6.15. The van der Waals surface area contributed by atoms with Crippen LogP contribution in [0.3, 0.4) is 0 Å². The van der Waals surface area contributed by atoms with Gasteiger partial charge in [0.25, 0.3) is 0 Å². The zero-order valence-corrected chi connectivity index (χ0v) is 17.7. The largest absolute Gasteiger partial charge is 0.338 e. The molecule has 0 bridgehead atoms. The molecule has 3 nitrogen and oxygen atoms in total. The first-order valence-electron chi connectivity index (χ1n) is 10.1. The molecule has 0 aliphatic carbocycles. The zero-order chi connectivity index (χ0) is 19.7. The van der Waals surface area contributed by atoms with Gasteiger partial charge in [0.1, 0.15) is 0 Å². The second-order valence-electron chi connectivity index (χ2n) is 7.98. The number of carbonyl (C=O) groups excluding carboxylic acids is 1. The average molecular weight is 417 g/mol. The Kier molecular flexibility index (Phi) is 5.96. The van der Waals surface area contributed by atoms with Crippen molar-refractivity contribution in [1.29, 1.82) is 0 Å². The molecular formula is C23H26Cl2N2O. The maximum Gasteiger partial charge on any atom is 0.227 e. The van der Waals surface area contributed by atoms with E-state index in [4.69, 9.17) is 23.2 Å². The van der Waals surface area contributed by atoms with E-state index in [9.17, 15) is 4.79 Å². The number of benzene rings is 2. The van der Waals surface area contributed by atoms with Gasteiger partial charge in [0.05, 0.1) is 12.0 Å². The van der Waals surface area contributed by atoms with Gasteiger partial charge >= 0.3 is 0 Å². The number of piperidine rings is 1. The summed E-state index contributed by atoms with van der Waals surface area (Å²) in [5.41, 5.74) is 3.02. The van der Waals surface area contributed by atoms with E-state index in [1.54, 1.807) is 0 Å². The summed E-state index contributed by atoms with van der Waals surface area (Å²) >= 11 is 12.7. The summed E-state index contributed by atoms with van der Waals surface area (Å²) in [6.07, 6.45) is 4.72. The highest BCUT2D eigenvalue weighted by atomic mass is 35.5. The minimum atomic E-state index is 0.103. The van der Waals surface area contributed by atoms with Crippen molar-refractivity contribution in [1.82, 2.24) is 9.80 Å². The summed E-state index contributed by atoms with van der Waals surface area (Å²) in [4.78, 5) is 17.2. The van der Waals surface area contributed by atoms with Gasteiger partial charge in [0, 0.05) is 29.2 Å². The van der Waals surface area contributed by atoms with Gasteiger partial charge in [-0.2, -0.15) is 0 Å². The molecule has 1 amide bonds. The lowest BCUT2D eigenvalue weighted by Gasteiger charge is -2.28. The molecule has 2 aliphatic rings. The summed E-state index contributed by atoms with van der Waals surface area (Å²) in [7, 11) is 1.93. The lowest BCUT2D eigenvalue weighted by atomic mass is 9.96. The third-order valence-corrected chi connectivity index (χ3v) is 6.78. The van der Waals surface area contributed by atoms with Gasteiger partial charge in [-0.25, -0.2) is 0 Å². The fourth-order valence-electron chi connectivity index (χ4n) is 4.58. The van der Waals surface area contributed by atoms with Gasteiger partial charge in [-0.1, -0.05) is 60.0 Å². The predicted octanol–water partition coefficient (Wildman–Crippen LogP) is 5.67. The van der Waals surface area contributed by atoms with Crippen molar-refractivity contribution in [2.75, 3.05) is 26.7 Å². The second kappa shape index (κ2) is 8.44. The Morgan fingerprint density at radius 3 is 2.25 bits per heavy atom. The Balaban J connectivity index is 1.50. The molecule has 0 unspecified atom stereocenters. The normalized spacial score (nSPS) is 23.4. The first kappa shape index (κ1) is 19.8. The van der Waals surface area contributed by atoms with Gasteiger partial charge in [0.15, 0.2) is 0 Å². The summed E-state index contributed by atoms with van der Waals surface area (Å²) in [5.74, 6) is 0.375. The highest BCUT2D eigenvalue weighted by molar-refractivity contribution is 6.39. The van der Waals surface area contributed by atoms with Crippen LogP contribution in [0.25, 0.3) is 11.1 Å². The number of halogens is 2. The van der Waals surface area contributed by atoms with Crippen molar-refractivity contribution in [2.45, 2.75) is 31.7 Å². The molecule has 148 valence electrons. The summed E-state index contributed by atoms with van der Waals surface area (Å²) in [5, 5.41) is 1.30. The molecule has 5 heteroatoms. The number of hydrogen-bond donors (Lipinski definition) is 0. The third kappa shape index (κ3) is 3.94. The Labute approximate surface area is 177 Å². The lowest BCUT2D eigenvalue weighted by molar-refractivity contribution is -0.131. The molecule has 4 rings (SSSR count). The van der Waals surface area contributed by atoms with Crippen molar-refractivity contribution in [3.8, 4) is 11.1 Å². The van der Waals surface area contributed by atoms with Crippen LogP contribution < -0.4 is 0 Å². The molecule has 2 atom stereocenters. The van der Waals surface area contributed by atoms with Crippen molar-refractivity contribution in [3.05, 3.63) is 58.1 Å². The minimum Gasteiger partial charge on any atom is -0.338 e. The fourth-order valence-corrected chi connectivity index (χ4v) is 5.20. The van der Waals surface area contributed by atoms with Crippen molar-refractivity contribution >= 4 is 29.1 Å². The van der Waals surface area contributed by atoms with Crippen LogP contribution in [0.15, 0.2) is 42.5 Å². The molecule has 28 heavy (non-hydrogen) atoms. The maximum atomic E-state index is 12.8. The second-order valence-corrected chi connectivity index (χ2v) is 8.79. The summed E-state index contributed by atoms with van der Waals surface area (Å²) < 4.78 is 0. The van der Waals surface area contributed by atoms with E-state index in [2.05, 4.69) is 29.2 Å². The summed E-state index contributed by atoms with van der Waals surface area (Å²) in [6, 6.07) is 14.0. The van der Waals surface area contributed by atoms with E-state index in [0.29, 0.717) is 10.0 Å². The van der Waals surface area contributed by atoms with E-state index < -0.39 is 0 Å². The number of likely N-dealkylation sites (tertiary alicyclic amines) is 2.